The highest BCUT2D eigenvalue weighted by Crippen LogP contribution is 2.32. The van der Waals surface area contributed by atoms with Crippen LogP contribution in [0.5, 0.6) is 11.8 Å². The number of aromatic nitrogens is 4. The van der Waals surface area contributed by atoms with E-state index in [1.807, 2.05) is 60.7 Å². The van der Waals surface area contributed by atoms with Crippen molar-refractivity contribution < 1.29 is 4.74 Å². The summed E-state index contributed by atoms with van der Waals surface area (Å²) in [6.45, 7) is 0. The average molecular weight is 353 g/mol. The Kier molecular flexibility index (Phi) is 4.33. The van der Waals surface area contributed by atoms with Crippen LogP contribution in [0.15, 0.2) is 72.9 Å². The molecule has 0 saturated heterocycles. The topological polar surface area (TPSA) is 76.6 Å². The molecule has 4 aromatic rings. The van der Waals surface area contributed by atoms with Gasteiger partial charge in [0.15, 0.2) is 0 Å². The van der Waals surface area contributed by atoms with Crippen LogP contribution in [-0.4, -0.2) is 19.7 Å². The van der Waals surface area contributed by atoms with Crippen molar-refractivity contribution in [1.82, 2.24) is 19.7 Å². The molecule has 6 heteroatoms. The van der Waals surface area contributed by atoms with Crippen LogP contribution in [0, 0.1) is 11.3 Å². The largest absolute Gasteiger partial charge is 0.420 e. The van der Waals surface area contributed by atoms with Crippen molar-refractivity contribution in [2.24, 2.45) is 7.05 Å². The molecule has 130 valence electrons. The number of benzene rings is 1. The number of rotatable bonds is 4. The standard InChI is InChI=1S/C21H15N5O/c1-26-20(13-19(25-26)15-7-3-2-4-8-15)27-21-17(11-10-16(14-22)24-21)18-9-5-6-12-23-18/h2-13H,1H3. The summed E-state index contributed by atoms with van der Waals surface area (Å²) in [4.78, 5) is 8.68. The second-order valence-electron chi connectivity index (χ2n) is 5.84. The Hall–Kier alpha value is -3.98. The Labute approximate surface area is 156 Å². The van der Waals surface area contributed by atoms with Crippen molar-refractivity contribution in [2.75, 3.05) is 0 Å². The van der Waals surface area contributed by atoms with Crippen LogP contribution in [-0.2, 0) is 7.05 Å². The minimum Gasteiger partial charge on any atom is -0.420 e. The molecule has 0 N–H and O–H groups in total. The zero-order valence-corrected chi connectivity index (χ0v) is 14.6. The van der Waals surface area contributed by atoms with Crippen molar-refractivity contribution in [3.8, 4) is 40.3 Å². The van der Waals surface area contributed by atoms with Gasteiger partial charge in [-0.25, -0.2) is 9.67 Å². The summed E-state index contributed by atoms with van der Waals surface area (Å²) < 4.78 is 7.68. The lowest BCUT2D eigenvalue weighted by atomic mass is 10.1. The first-order valence-corrected chi connectivity index (χ1v) is 8.34. The first-order chi connectivity index (χ1) is 13.2. The van der Waals surface area contributed by atoms with Gasteiger partial charge in [0.05, 0.1) is 17.0 Å². The van der Waals surface area contributed by atoms with E-state index < -0.39 is 0 Å². The van der Waals surface area contributed by atoms with E-state index in [4.69, 9.17) is 4.74 Å². The van der Waals surface area contributed by atoms with Gasteiger partial charge in [0.1, 0.15) is 11.8 Å². The molecule has 0 aliphatic heterocycles. The van der Waals surface area contributed by atoms with Gasteiger partial charge in [-0.15, -0.1) is 0 Å². The third-order valence-electron chi connectivity index (χ3n) is 4.02. The molecule has 0 unspecified atom stereocenters. The van der Waals surface area contributed by atoms with Crippen LogP contribution in [0.1, 0.15) is 5.69 Å². The molecule has 0 aliphatic carbocycles. The normalized spacial score (nSPS) is 10.4. The van der Waals surface area contributed by atoms with E-state index in [2.05, 4.69) is 15.1 Å². The maximum atomic E-state index is 9.20. The molecule has 0 spiro atoms. The van der Waals surface area contributed by atoms with Crippen LogP contribution in [0.4, 0.5) is 0 Å². The Morgan fingerprint density at radius 2 is 1.78 bits per heavy atom. The van der Waals surface area contributed by atoms with Crippen LogP contribution < -0.4 is 4.74 Å². The minimum absolute atomic E-state index is 0.273. The Morgan fingerprint density at radius 3 is 2.52 bits per heavy atom. The number of aryl methyl sites for hydroxylation is 1. The Balaban J connectivity index is 1.75. The minimum atomic E-state index is 0.273. The molecule has 0 amide bonds. The van der Waals surface area contributed by atoms with Gasteiger partial charge in [-0.1, -0.05) is 36.4 Å². The van der Waals surface area contributed by atoms with Crippen molar-refractivity contribution >= 4 is 0 Å². The highest BCUT2D eigenvalue weighted by Gasteiger charge is 2.15. The number of hydrogen-bond donors (Lipinski definition) is 0. The predicted octanol–water partition coefficient (Wildman–Crippen LogP) is 4.21. The van der Waals surface area contributed by atoms with Crippen molar-refractivity contribution in [2.45, 2.75) is 0 Å². The molecule has 4 rings (SSSR count). The lowest BCUT2D eigenvalue weighted by Gasteiger charge is -2.09. The van der Waals surface area contributed by atoms with E-state index in [-0.39, 0.29) is 5.69 Å². The van der Waals surface area contributed by atoms with E-state index in [9.17, 15) is 5.26 Å². The second-order valence-corrected chi connectivity index (χ2v) is 5.84. The average Bonchev–Trinajstić information content (AvgIpc) is 3.09. The number of nitrogens with zero attached hydrogens (tertiary/aromatic N) is 5. The number of ether oxygens (including phenoxy) is 1. The summed E-state index contributed by atoms with van der Waals surface area (Å²) in [6.07, 6.45) is 1.70. The summed E-state index contributed by atoms with van der Waals surface area (Å²) in [5.41, 5.74) is 3.48. The lowest BCUT2D eigenvalue weighted by Crippen LogP contribution is -1.99. The molecular weight excluding hydrogens is 338 g/mol. The third kappa shape index (κ3) is 3.39. The predicted molar refractivity (Wildman–Crippen MR) is 101 cm³/mol. The zero-order chi connectivity index (χ0) is 18.6. The van der Waals surface area contributed by atoms with Gasteiger partial charge in [0.2, 0.25) is 11.8 Å². The van der Waals surface area contributed by atoms with Crippen molar-refractivity contribution in [3.05, 3.63) is 78.6 Å². The molecule has 6 nitrogen and oxygen atoms in total. The molecule has 0 radical (unpaired) electrons. The van der Waals surface area contributed by atoms with Gasteiger partial charge in [-0.3, -0.25) is 4.98 Å². The smallest absolute Gasteiger partial charge is 0.232 e. The summed E-state index contributed by atoms with van der Waals surface area (Å²) >= 11 is 0. The number of nitriles is 1. The van der Waals surface area contributed by atoms with Crippen LogP contribution in [0.3, 0.4) is 0 Å². The van der Waals surface area contributed by atoms with Gasteiger partial charge in [0, 0.05) is 24.9 Å². The Bertz CT molecular complexity index is 1110. The summed E-state index contributed by atoms with van der Waals surface area (Å²) in [6, 6.07) is 22.8. The molecule has 27 heavy (non-hydrogen) atoms. The van der Waals surface area contributed by atoms with Gasteiger partial charge in [0.25, 0.3) is 0 Å². The summed E-state index contributed by atoms with van der Waals surface area (Å²) in [7, 11) is 1.80. The van der Waals surface area contributed by atoms with E-state index in [1.165, 1.54) is 0 Å². The maximum absolute atomic E-state index is 9.20. The van der Waals surface area contributed by atoms with E-state index in [1.54, 1.807) is 30.1 Å². The zero-order valence-electron chi connectivity index (χ0n) is 14.6. The molecule has 3 aromatic heterocycles. The first kappa shape index (κ1) is 16.5. The molecule has 0 saturated carbocycles. The molecule has 0 bridgehead atoms. The van der Waals surface area contributed by atoms with Crippen LogP contribution >= 0.6 is 0 Å². The maximum Gasteiger partial charge on any atom is 0.232 e. The van der Waals surface area contributed by atoms with E-state index in [0.29, 0.717) is 17.3 Å². The number of hydrogen-bond acceptors (Lipinski definition) is 5. The first-order valence-electron chi connectivity index (χ1n) is 8.34. The van der Waals surface area contributed by atoms with Gasteiger partial charge in [-0.2, -0.15) is 10.4 Å². The highest BCUT2D eigenvalue weighted by molar-refractivity contribution is 5.66. The summed E-state index contributed by atoms with van der Waals surface area (Å²) in [5.74, 6) is 0.837. The molecule has 1 aromatic carbocycles. The summed E-state index contributed by atoms with van der Waals surface area (Å²) in [5, 5.41) is 13.7. The lowest BCUT2D eigenvalue weighted by molar-refractivity contribution is 0.417. The van der Waals surface area contributed by atoms with E-state index in [0.717, 1.165) is 17.0 Å². The van der Waals surface area contributed by atoms with Crippen molar-refractivity contribution in [3.63, 3.8) is 0 Å². The van der Waals surface area contributed by atoms with Crippen LogP contribution in [0.2, 0.25) is 0 Å². The monoisotopic (exact) mass is 353 g/mol. The highest BCUT2D eigenvalue weighted by atomic mass is 16.5. The quantitative estimate of drug-likeness (QED) is 0.549. The van der Waals surface area contributed by atoms with Gasteiger partial charge < -0.3 is 4.74 Å². The second kappa shape index (κ2) is 7.10. The fraction of sp³-hybridized carbons (Fsp3) is 0.0476. The fourth-order valence-electron chi connectivity index (χ4n) is 2.69. The SMILES string of the molecule is Cn1nc(-c2ccccc2)cc1Oc1nc(C#N)ccc1-c1ccccn1. The Morgan fingerprint density at radius 1 is 0.963 bits per heavy atom. The fourth-order valence-corrected chi connectivity index (χ4v) is 2.69. The molecule has 0 atom stereocenters. The van der Waals surface area contributed by atoms with Gasteiger partial charge >= 0.3 is 0 Å². The molecule has 0 aliphatic rings. The molecule has 0 fully saturated rings. The molecule has 3 heterocycles. The van der Waals surface area contributed by atoms with E-state index >= 15 is 0 Å². The van der Waals surface area contributed by atoms with Crippen LogP contribution in [0.25, 0.3) is 22.5 Å². The van der Waals surface area contributed by atoms with Gasteiger partial charge in [-0.05, 0) is 24.3 Å². The van der Waals surface area contributed by atoms with Crippen molar-refractivity contribution in [1.29, 1.82) is 5.26 Å². The third-order valence-corrected chi connectivity index (χ3v) is 4.02. The number of pyridine rings is 2. The molecular formula is C21H15N5O.